The highest BCUT2D eigenvalue weighted by Crippen LogP contribution is 2.31. The highest BCUT2D eigenvalue weighted by molar-refractivity contribution is 14.0. The summed E-state index contributed by atoms with van der Waals surface area (Å²) in [6.07, 6.45) is 2.83. The van der Waals surface area contributed by atoms with Gasteiger partial charge in [-0.05, 0) is 48.6 Å². The van der Waals surface area contributed by atoms with Crippen molar-refractivity contribution in [2.24, 2.45) is 4.99 Å². The molecule has 2 aliphatic heterocycles. The van der Waals surface area contributed by atoms with Gasteiger partial charge in [0.15, 0.2) is 5.96 Å². The normalized spacial score (nSPS) is 17.7. The Hall–Kier alpha value is -2.29. The Labute approximate surface area is 201 Å². The molecule has 31 heavy (non-hydrogen) atoms. The average Bonchev–Trinajstić information content (AvgIpc) is 2.75. The first kappa shape index (κ1) is 23.4. The summed E-state index contributed by atoms with van der Waals surface area (Å²) in [5.74, 6) is 0.996. The third kappa shape index (κ3) is 5.70. The second-order valence-corrected chi connectivity index (χ2v) is 8.10. The summed E-state index contributed by atoms with van der Waals surface area (Å²) < 4.78 is 0. The number of benzene rings is 2. The van der Waals surface area contributed by atoms with Crippen molar-refractivity contribution in [2.75, 3.05) is 36.9 Å². The summed E-state index contributed by atoms with van der Waals surface area (Å²) in [7, 11) is 2.16. The number of aryl methyl sites for hydroxylation is 1. The molecular formula is C24H32IN5O. The van der Waals surface area contributed by atoms with Crippen molar-refractivity contribution in [3.63, 3.8) is 0 Å². The number of hydrogen-bond acceptors (Lipinski definition) is 3. The second kappa shape index (κ2) is 10.8. The van der Waals surface area contributed by atoms with Gasteiger partial charge in [-0.2, -0.15) is 0 Å². The Morgan fingerprint density at radius 1 is 1.23 bits per heavy atom. The first-order valence-electron chi connectivity index (χ1n) is 10.9. The van der Waals surface area contributed by atoms with Crippen LogP contribution in [0.4, 0.5) is 11.4 Å². The first-order chi connectivity index (χ1) is 14.6. The molecule has 2 heterocycles. The van der Waals surface area contributed by atoms with Crippen LogP contribution in [0.2, 0.25) is 0 Å². The van der Waals surface area contributed by atoms with Crippen molar-refractivity contribution < 1.29 is 4.79 Å². The monoisotopic (exact) mass is 533 g/mol. The number of carbonyl (C=O) groups is 1. The molecule has 0 spiro atoms. The number of carbonyl (C=O) groups excluding carboxylic acids is 1. The minimum atomic E-state index is 0. The molecular weight excluding hydrogens is 501 g/mol. The molecule has 2 aromatic rings. The molecule has 0 bridgehead atoms. The Kier molecular flexibility index (Phi) is 8.17. The van der Waals surface area contributed by atoms with E-state index in [0.29, 0.717) is 19.5 Å². The van der Waals surface area contributed by atoms with E-state index < -0.39 is 0 Å². The number of amides is 1. The number of rotatable bonds is 5. The molecule has 0 saturated carbocycles. The van der Waals surface area contributed by atoms with Gasteiger partial charge in [0.25, 0.3) is 0 Å². The molecule has 0 saturated heterocycles. The van der Waals surface area contributed by atoms with Gasteiger partial charge in [0.2, 0.25) is 5.91 Å². The van der Waals surface area contributed by atoms with Gasteiger partial charge in [-0.1, -0.05) is 30.3 Å². The predicted octanol–water partition coefficient (Wildman–Crippen LogP) is 3.87. The number of nitrogens with zero attached hydrogens (tertiary/aromatic N) is 2. The van der Waals surface area contributed by atoms with Gasteiger partial charge < -0.3 is 20.9 Å². The van der Waals surface area contributed by atoms with Crippen LogP contribution in [0.1, 0.15) is 42.4 Å². The molecule has 0 radical (unpaired) electrons. The van der Waals surface area contributed by atoms with Gasteiger partial charge in [0.1, 0.15) is 0 Å². The van der Waals surface area contributed by atoms with Crippen LogP contribution in [-0.2, 0) is 17.8 Å². The molecule has 1 atom stereocenters. The molecule has 6 nitrogen and oxygen atoms in total. The fraction of sp³-hybridized carbons (Fsp3) is 0.417. The summed E-state index contributed by atoms with van der Waals surface area (Å²) >= 11 is 0. The lowest BCUT2D eigenvalue weighted by atomic mass is 9.90. The van der Waals surface area contributed by atoms with Crippen LogP contribution in [0.15, 0.2) is 47.5 Å². The standard InChI is InChI=1S/C24H31N5O.HI/c1-3-25-24(26-15-17-10-11-22-18(13-17)7-6-12-29(22)2)27-16-19-14-23(30)28-21-9-5-4-8-20(19)21;/h4-5,8-11,13,19H,3,6-7,12,14-16H2,1-2H3,(H,28,30)(H2,25,26,27);1H. The van der Waals surface area contributed by atoms with Crippen molar-refractivity contribution in [3.05, 3.63) is 59.2 Å². The molecule has 2 aliphatic rings. The van der Waals surface area contributed by atoms with E-state index in [1.54, 1.807) is 0 Å². The molecule has 1 unspecified atom stereocenters. The molecule has 2 aromatic carbocycles. The molecule has 0 aliphatic carbocycles. The van der Waals surface area contributed by atoms with Gasteiger partial charge >= 0.3 is 0 Å². The van der Waals surface area contributed by atoms with Gasteiger partial charge in [-0.25, -0.2) is 4.99 Å². The Morgan fingerprint density at radius 3 is 2.90 bits per heavy atom. The molecule has 0 fully saturated rings. The molecule has 1 amide bonds. The summed E-state index contributed by atoms with van der Waals surface area (Å²) in [6.45, 7) is 5.29. The Balaban J connectivity index is 0.00000272. The quantitative estimate of drug-likeness (QED) is 0.310. The van der Waals surface area contributed by atoms with Gasteiger partial charge in [-0.15, -0.1) is 24.0 Å². The van der Waals surface area contributed by atoms with E-state index >= 15 is 0 Å². The number of nitrogens with one attached hydrogen (secondary N) is 3. The third-order valence-corrected chi connectivity index (χ3v) is 5.88. The van der Waals surface area contributed by atoms with Crippen LogP contribution in [0.5, 0.6) is 0 Å². The molecule has 0 aromatic heterocycles. The second-order valence-electron chi connectivity index (χ2n) is 8.10. The van der Waals surface area contributed by atoms with Crippen LogP contribution < -0.4 is 20.9 Å². The van der Waals surface area contributed by atoms with Crippen molar-refractivity contribution in [1.29, 1.82) is 0 Å². The van der Waals surface area contributed by atoms with Crippen LogP contribution >= 0.6 is 24.0 Å². The van der Waals surface area contributed by atoms with E-state index in [2.05, 4.69) is 59.1 Å². The Morgan fingerprint density at radius 2 is 2.06 bits per heavy atom. The zero-order valence-corrected chi connectivity index (χ0v) is 20.6. The Bertz CT molecular complexity index is 945. The minimum absolute atomic E-state index is 0. The third-order valence-electron chi connectivity index (χ3n) is 5.88. The minimum Gasteiger partial charge on any atom is -0.374 e. The van der Waals surface area contributed by atoms with Crippen molar-refractivity contribution in [3.8, 4) is 0 Å². The number of fused-ring (bicyclic) bond motifs is 2. The summed E-state index contributed by atoms with van der Waals surface area (Å²) in [6, 6.07) is 14.7. The van der Waals surface area contributed by atoms with E-state index in [-0.39, 0.29) is 35.8 Å². The summed E-state index contributed by atoms with van der Waals surface area (Å²) in [5, 5.41) is 9.73. The van der Waals surface area contributed by atoms with E-state index in [0.717, 1.165) is 31.2 Å². The molecule has 166 valence electrons. The highest BCUT2D eigenvalue weighted by atomic mass is 127. The smallest absolute Gasteiger partial charge is 0.225 e. The van der Waals surface area contributed by atoms with Crippen LogP contribution in [-0.4, -0.2) is 38.5 Å². The van der Waals surface area contributed by atoms with E-state index in [4.69, 9.17) is 4.99 Å². The lowest BCUT2D eigenvalue weighted by molar-refractivity contribution is -0.116. The van der Waals surface area contributed by atoms with Crippen LogP contribution in [0, 0.1) is 0 Å². The molecule has 4 rings (SSSR count). The van der Waals surface area contributed by atoms with Gasteiger partial charge in [0.05, 0.1) is 6.54 Å². The van der Waals surface area contributed by atoms with Crippen LogP contribution in [0.25, 0.3) is 0 Å². The lowest BCUT2D eigenvalue weighted by Gasteiger charge is -2.27. The maximum absolute atomic E-state index is 12.1. The van der Waals surface area contributed by atoms with E-state index in [1.807, 2.05) is 18.2 Å². The summed E-state index contributed by atoms with van der Waals surface area (Å²) in [5.41, 5.74) is 6.08. The lowest BCUT2D eigenvalue weighted by Crippen LogP contribution is -2.40. The number of hydrogen-bond donors (Lipinski definition) is 3. The highest BCUT2D eigenvalue weighted by Gasteiger charge is 2.24. The SMILES string of the molecule is CCNC(=NCc1ccc2c(c1)CCCN2C)NCC1CC(=O)Nc2ccccc21.I. The van der Waals surface area contributed by atoms with Crippen molar-refractivity contribution in [1.82, 2.24) is 10.6 Å². The van der Waals surface area contributed by atoms with Crippen molar-refractivity contribution in [2.45, 2.75) is 38.6 Å². The largest absolute Gasteiger partial charge is 0.374 e. The predicted molar refractivity (Wildman–Crippen MR) is 139 cm³/mol. The van der Waals surface area contributed by atoms with Gasteiger partial charge in [0, 0.05) is 50.4 Å². The average molecular weight is 533 g/mol. The maximum Gasteiger partial charge on any atom is 0.225 e. The van der Waals surface area contributed by atoms with Crippen molar-refractivity contribution >= 4 is 47.2 Å². The van der Waals surface area contributed by atoms with Gasteiger partial charge in [-0.3, -0.25) is 4.79 Å². The zero-order chi connectivity index (χ0) is 20.9. The molecule has 3 N–H and O–H groups in total. The number of para-hydroxylation sites is 1. The fourth-order valence-corrected chi connectivity index (χ4v) is 4.35. The summed E-state index contributed by atoms with van der Waals surface area (Å²) in [4.78, 5) is 19.2. The van der Waals surface area contributed by atoms with Crippen LogP contribution in [0.3, 0.4) is 0 Å². The molecule has 7 heteroatoms. The first-order valence-corrected chi connectivity index (χ1v) is 10.9. The van der Waals surface area contributed by atoms with E-state index in [1.165, 1.54) is 28.8 Å². The number of aliphatic imine (C=N–C) groups is 1. The maximum atomic E-state index is 12.1. The fourth-order valence-electron chi connectivity index (χ4n) is 4.35. The number of halogens is 1. The van der Waals surface area contributed by atoms with E-state index in [9.17, 15) is 4.79 Å². The number of guanidine groups is 1. The number of anilines is 2. The zero-order valence-electron chi connectivity index (χ0n) is 18.3. The topological polar surface area (TPSA) is 68.8 Å².